The van der Waals surface area contributed by atoms with Gasteiger partial charge in [0.05, 0.1) is 16.9 Å². The molecule has 3 rings (SSSR count). The summed E-state index contributed by atoms with van der Waals surface area (Å²) in [5.74, 6) is 0.118. The van der Waals surface area contributed by atoms with E-state index in [1.165, 1.54) is 12.1 Å². The summed E-state index contributed by atoms with van der Waals surface area (Å²) in [5.41, 5.74) is 12.9. The molecule has 0 atom stereocenters. The summed E-state index contributed by atoms with van der Waals surface area (Å²) >= 11 is 0. The van der Waals surface area contributed by atoms with Gasteiger partial charge in [-0.05, 0) is 37.1 Å². The van der Waals surface area contributed by atoms with Crippen LogP contribution in [0.1, 0.15) is 74.1 Å². The molecule has 0 aliphatic carbocycles. The Morgan fingerprint density at radius 1 is 1.00 bits per heavy atom. The van der Waals surface area contributed by atoms with Crippen molar-refractivity contribution in [2.75, 3.05) is 11.5 Å². The van der Waals surface area contributed by atoms with Gasteiger partial charge >= 0.3 is 5.97 Å². The van der Waals surface area contributed by atoms with E-state index in [2.05, 4.69) is 6.92 Å². The van der Waals surface area contributed by atoms with E-state index in [4.69, 9.17) is 20.6 Å². The molecule has 0 spiro atoms. The maximum Gasteiger partial charge on any atom is 0.311 e. The number of unbranched alkanes of at least 4 members (excludes halogenated alkanes) is 3. The molecule has 0 bridgehead atoms. The quantitative estimate of drug-likeness (QED) is 0.0970. The Balaban J connectivity index is 2.01. The number of nitrogen functional groups attached to an aromatic ring is 2. The number of rotatable bonds is 10. The number of benzene rings is 2. The molecule has 5 N–H and O–H groups in total. The minimum Gasteiger partial charge on any atom is -0.504 e. The minimum absolute atomic E-state index is 0.0370. The van der Waals surface area contributed by atoms with Crippen molar-refractivity contribution in [1.29, 1.82) is 0 Å². The summed E-state index contributed by atoms with van der Waals surface area (Å²) in [6.45, 7) is 4.11. The highest BCUT2D eigenvalue weighted by molar-refractivity contribution is 6.17. The molecule has 1 heterocycles. The average molecular weight is 439 g/mol. The van der Waals surface area contributed by atoms with Crippen molar-refractivity contribution >= 4 is 34.1 Å². The first-order chi connectivity index (χ1) is 15.3. The zero-order valence-corrected chi connectivity index (χ0v) is 18.6. The summed E-state index contributed by atoms with van der Waals surface area (Å²) in [6, 6.07) is 7.84. The van der Waals surface area contributed by atoms with Gasteiger partial charge in [0.2, 0.25) is 0 Å². The fourth-order valence-corrected chi connectivity index (χ4v) is 3.61. The Labute approximate surface area is 187 Å². The number of hydrogen-bond donors (Lipinski definition) is 3. The molecule has 0 aliphatic rings. The summed E-state index contributed by atoms with van der Waals surface area (Å²) in [6.07, 6.45) is 5.53. The molecule has 170 valence electrons. The van der Waals surface area contributed by atoms with Crippen molar-refractivity contribution in [1.82, 2.24) is 0 Å². The molecule has 0 aliphatic heterocycles. The van der Waals surface area contributed by atoms with Crippen molar-refractivity contribution in [3.05, 3.63) is 47.2 Å². The van der Waals surface area contributed by atoms with Gasteiger partial charge in [0, 0.05) is 29.9 Å². The molecule has 0 amide bonds. The van der Waals surface area contributed by atoms with Crippen molar-refractivity contribution < 1.29 is 23.8 Å². The highest BCUT2D eigenvalue weighted by Crippen LogP contribution is 2.35. The smallest absolute Gasteiger partial charge is 0.311 e. The zero-order chi connectivity index (χ0) is 23.3. The van der Waals surface area contributed by atoms with Crippen LogP contribution in [0.4, 0.5) is 11.4 Å². The predicted octanol–water partition coefficient (Wildman–Crippen LogP) is 5.36. The number of ketones is 1. The number of aryl methyl sites for hydroxylation is 1. The molecule has 0 saturated carbocycles. The van der Waals surface area contributed by atoms with Crippen LogP contribution in [0.25, 0.3) is 11.0 Å². The molecular weight excluding hydrogens is 408 g/mol. The molecule has 32 heavy (non-hydrogen) atoms. The van der Waals surface area contributed by atoms with E-state index in [9.17, 15) is 14.7 Å². The predicted molar refractivity (Wildman–Crippen MR) is 125 cm³/mol. The second-order valence-corrected chi connectivity index (χ2v) is 7.93. The lowest BCUT2D eigenvalue weighted by atomic mass is 9.97. The number of carbonyl (C=O) groups excluding carboxylic acids is 2. The van der Waals surface area contributed by atoms with Crippen molar-refractivity contribution in [3.8, 4) is 11.5 Å². The summed E-state index contributed by atoms with van der Waals surface area (Å²) in [7, 11) is 0. The summed E-state index contributed by atoms with van der Waals surface area (Å²) in [4.78, 5) is 25.4. The first-order valence-electron chi connectivity index (χ1n) is 11.0. The van der Waals surface area contributed by atoms with E-state index in [0.717, 1.165) is 32.1 Å². The number of ether oxygens (including phenoxy) is 1. The Morgan fingerprint density at radius 2 is 1.69 bits per heavy atom. The van der Waals surface area contributed by atoms with Crippen LogP contribution in [0.5, 0.6) is 11.5 Å². The highest BCUT2D eigenvalue weighted by Gasteiger charge is 2.24. The van der Waals surface area contributed by atoms with E-state index >= 15 is 0 Å². The third-order valence-corrected chi connectivity index (χ3v) is 5.37. The molecule has 7 heteroatoms. The van der Waals surface area contributed by atoms with Crippen molar-refractivity contribution in [2.45, 2.75) is 58.8 Å². The lowest BCUT2D eigenvalue weighted by molar-refractivity contribution is -0.134. The number of phenols is 1. The van der Waals surface area contributed by atoms with Gasteiger partial charge in [0.15, 0.2) is 11.5 Å². The normalized spacial score (nSPS) is 11.1. The van der Waals surface area contributed by atoms with Crippen LogP contribution in [-0.4, -0.2) is 16.9 Å². The van der Waals surface area contributed by atoms with Gasteiger partial charge in [0.1, 0.15) is 17.1 Å². The topological polar surface area (TPSA) is 129 Å². The fraction of sp³-hybridized carbons (Fsp3) is 0.360. The monoisotopic (exact) mass is 438 g/mol. The van der Waals surface area contributed by atoms with E-state index in [1.54, 1.807) is 18.2 Å². The molecule has 0 unspecified atom stereocenters. The highest BCUT2D eigenvalue weighted by atomic mass is 16.5. The SMILES string of the molecule is CCCCCc1oc2cc(OC(=O)CCCC)ccc2c1C(=O)c1cc(N)c(O)c(N)c1. The van der Waals surface area contributed by atoms with Gasteiger partial charge in [-0.3, -0.25) is 9.59 Å². The molecule has 0 saturated heterocycles. The van der Waals surface area contributed by atoms with E-state index in [1.807, 2.05) is 6.92 Å². The van der Waals surface area contributed by atoms with Gasteiger partial charge in [-0.2, -0.15) is 0 Å². The van der Waals surface area contributed by atoms with Crippen LogP contribution in [-0.2, 0) is 11.2 Å². The number of anilines is 2. The van der Waals surface area contributed by atoms with Crippen LogP contribution < -0.4 is 16.2 Å². The first-order valence-corrected chi connectivity index (χ1v) is 11.0. The largest absolute Gasteiger partial charge is 0.504 e. The third kappa shape index (κ3) is 5.04. The molecule has 2 aromatic carbocycles. The Hall–Kier alpha value is -3.48. The minimum atomic E-state index is -0.299. The standard InChI is InChI=1S/C25H30N2O5/c1-3-5-7-8-20-23(24(29)15-12-18(26)25(30)19(27)13-15)17-11-10-16(14-21(17)32-20)31-22(28)9-6-4-2/h10-14,30H,3-9,26-27H2,1-2H3. The van der Waals surface area contributed by atoms with Crippen LogP contribution in [0.15, 0.2) is 34.7 Å². The van der Waals surface area contributed by atoms with Crippen LogP contribution in [0.3, 0.4) is 0 Å². The number of furan rings is 1. The number of hydrogen-bond acceptors (Lipinski definition) is 7. The molecule has 0 radical (unpaired) electrons. The van der Waals surface area contributed by atoms with Gasteiger partial charge < -0.3 is 25.7 Å². The third-order valence-electron chi connectivity index (χ3n) is 5.37. The van der Waals surface area contributed by atoms with Crippen molar-refractivity contribution in [2.24, 2.45) is 0 Å². The fourth-order valence-electron chi connectivity index (χ4n) is 3.61. The number of carbonyl (C=O) groups is 2. The van der Waals surface area contributed by atoms with Crippen LogP contribution >= 0.6 is 0 Å². The van der Waals surface area contributed by atoms with Gasteiger partial charge in [-0.15, -0.1) is 0 Å². The maximum atomic E-state index is 13.4. The number of phenolic OH excluding ortho intramolecular Hbond substituents is 1. The van der Waals surface area contributed by atoms with E-state index < -0.39 is 0 Å². The number of fused-ring (bicyclic) bond motifs is 1. The molecule has 7 nitrogen and oxygen atoms in total. The molecule has 1 aromatic heterocycles. The Bertz CT molecular complexity index is 1110. The van der Waals surface area contributed by atoms with Crippen LogP contribution in [0.2, 0.25) is 0 Å². The Kier molecular flexibility index (Phi) is 7.41. The van der Waals surface area contributed by atoms with E-state index in [-0.39, 0.29) is 34.4 Å². The summed E-state index contributed by atoms with van der Waals surface area (Å²) in [5, 5.41) is 10.5. The summed E-state index contributed by atoms with van der Waals surface area (Å²) < 4.78 is 11.5. The van der Waals surface area contributed by atoms with Gasteiger partial charge in [-0.25, -0.2) is 0 Å². The van der Waals surface area contributed by atoms with Crippen molar-refractivity contribution in [3.63, 3.8) is 0 Å². The number of nitrogens with two attached hydrogens (primary N) is 2. The average Bonchev–Trinajstić information content (AvgIpc) is 3.12. The Morgan fingerprint density at radius 3 is 2.34 bits per heavy atom. The van der Waals surface area contributed by atoms with Crippen LogP contribution in [0, 0.1) is 0 Å². The molecular formula is C25H30N2O5. The second-order valence-electron chi connectivity index (χ2n) is 7.93. The van der Waals surface area contributed by atoms with E-state index in [0.29, 0.717) is 40.9 Å². The lowest BCUT2D eigenvalue weighted by Gasteiger charge is -2.08. The first kappa shape index (κ1) is 23.2. The van der Waals surface area contributed by atoms with Gasteiger partial charge in [0.25, 0.3) is 0 Å². The molecule has 3 aromatic rings. The number of aromatic hydroxyl groups is 1. The maximum absolute atomic E-state index is 13.4. The second kappa shape index (κ2) is 10.2. The zero-order valence-electron chi connectivity index (χ0n) is 18.6. The molecule has 0 fully saturated rings. The number of esters is 1. The lowest BCUT2D eigenvalue weighted by Crippen LogP contribution is -2.07. The van der Waals surface area contributed by atoms with Gasteiger partial charge in [-0.1, -0.05) is 33.1 Å².